The number of carbonyl (C=O) groups excluding carboxylic acids is 1. The molecule has 2 rings (SSSR count). The molecule has 5 heteroatoms. The van der Waals surface area contributed by atoms with Crippen molar-refractivity contribution in [3.63, 3.8) is 0 Å². The molecule has 0 bridgehead atoms. The van der Waals surface area contributed by atoms with Crippen LogP contribution < -0.4 is 11.1 Å². The average Bonchev–Trinajstić information content (AvgIpc) is 2.93. The Hall–Kier alpha value is -2.14. The van der Waals surface area contributed by atoms with Crippen LogP contribution in [0.5, 0.6) is 0 Å². The quantitative estimate of drug-likeness (QED) is 0.883. The molecule has 0 radical (unpaired) electrons. The maximum atomic E-state index is 12.1. The van der Waals surface area contributed by atoms with Gasteiger partial charge in [-0.1, -0.05) is 19.4 Å². The summed E-state index contributed by atoms with van der Waals surface area (Å²) in [5.74, 6) is 0.110. The fourth-order valence-electron chi connectivity index (χ4n) is 2.01. The minimum atomic E-state index is -0.294. The average molecular weight is 287 g/mol. The van der Waals surface area contributed by atoms with Crippen molar-refractivity contribution in [2.45, 2.75) is 39.7 Å². The molecule has 1 aromatic carbocycles. The summed E-state index contributed by atoms with van der Waals surface area (Å²) >= 11 is 0. The van der Waals surface area contributed by atoms with Crippen LogP contribution in [0.4, 0.5) is 5.69 Å². The summed E-state index contributed by atoms with van der Waals surface area (Å²) in [6.07, 6.45) is 3.06. The summed E-state index contributed by atoms with van der Waals surface area (Å²) in [5, 5.41) is 2.81. The smallest absolute Gasteiger partial charge is 0.277 e. The number of nitrogens with zero attached hydrogens (tertiary/aromatic N) is 1. The molecule has 1 heterocycles. The minimum absolute atomic E-state index is 0.245. The summed E-state index contributed by atoms with van der Waals surface area (Å²) in [5.41, 5.74) is 9.21. The molecule has 5 nitrogen and oxygen atoms in total. The molecule has 0 fully saturated rings. The van der Waals surface area contributed by atoms with Crippen molar-refractivity contribution >= 4 is 11.6 Å². The summed E-state index contributed by atoms with van der Waals surface area (Å²) in [7, 11) is 0. The van der Waals surface area contributed by atoms with Crippen molar-refractivity contribution in [1.29, 1.82) is 0 Å². The van der Waals surface area contributed by atoms with E-state index in [0.717, 1.165) is 24.1 Å². The zero-order valence-corrected chi connectivity index (χ0v) is 12.6. The summed E-state index contributed by atoms with van der Waals surface area (Å²) in [6, 6.07) is 5.50. The molecule has 3 N–H and O–H groups in total. The molecule has 0 aliphatic carbocycles. The highest BCUT2D eigenvalue weighted by Gasteiger charge is 2.16. The maximum absolute atomic E-state index is 12.1. The Morgan fingerprint density at radius 1 is 1.38 bits per heavy atom. The van der Waals surface area contributed by atoms with Gasteiger partial charge >= 0.3 is 0 Å². The molecule has 1 unspecified atom stereocenters. The Morgan fingerprint density at radius 3 is 2.81 bits per heavy atom. The van der Waals surface area contributed by atoms with Crippen LogP contribution in [-0.4, -0.2) is 10.9 Å². The first-order valence-electron chi connectivity index (χ1n) is 7.11. The highest BCUT2D eigenvalue weighted by molar-refractivity contribution is 6.02. The van der Waals surface area contributed by atoms with Gasteiger partial charge in [-0.3, -0.25) is 4.79 Å². The predicted molar refractivity (Wildman–Crippen MR) is 82.2 cm³/mol. The fourth-order valence-corrected chi connectivity index (χ4v) is 2.01. The van der Waals surface area contributed by atoms with Crippen LogP contribution in [0.2, 0.25) is 0 Å². The van der Waals surface area contributed by atoms with E-state index >= 15 is 0 Å². The van der Waals surface area contributed by atoms with Gasteiger partial charge in [0, 0.05) is 5.69 Å². The number of nitrogens with one attached hydrogen (secondary N) is 1. The molecule has 21 heavy (non-hydrogen) atoms. The second-order valence-electron chi connectivity index (χ2n) is 5.22. The van der Waals surface area contributed by atoms with E-state index in [0.29, 0.717) is 5.89 Å². The normalized spacial score (nSPS) is 12.2. The maximum Gasteiger partial charge on any atom is 0.277 e. The van der Waals surface area contributed by atoms with Gasteiger partial charge in [-0.05, 0) is 43.5 Å². The standard InChI is InChI=1S/C16H21N3O2/c1-4-5-13(17)16-19-14(9-21-16)15(20)18-12-7-6-10(2)11(3)8-12/h6-9,13H,4-5,17H2,1-3H3,(H,18,20). The van der Waals surface area contributed by atoms with E-state index in [1.165, 1.54) is 11.8 Å². The van der Waals surface area contributed by atoms with E-state index in [1.54, 1.807) is 0 Å². The number of aryl methyl sites for hydroxylation is 2. The Kier molecular flexibility index (Phi) is 4.75. The minimum Gasteiger partial charge on any atom is -0.446 e. The van der Waals surface area contributed by atoms with Crippen molar-refractivity contribution < 1.29 is 9.21 Å². The lowest BCUT2D eigenvalue weighted by Gasteiger charge is -2.06. The van der Waals surface area contributed by atoms with Crippen LogP contribution in [-0.2, 0) is 0 Å². The molecule has 1 amide bonds. The number of oxazole rings is 1. The van der Waals surface area contributed by atoms with Crippen molar-refractivity contribution in [3.05, 3.63) is 47.2 Å². The lowest BCUT2D eigenvalue weighted by Crippen LogP contribution is -2.14. The van der Waals surface area contributed by atoms with Gasteiger partial charge in [0.2, 0.25) is 5.89 Å². The lowest BCUT2D eigenvalue weighted by atomic mass is 10.1. The number of aromatic nitrogens is 1. The number of anilines is 1. The molecule has 1 aromatic heterocycles. The van der Waals surface area contributed by atoms with Crippen molar-refractivity contribution in [2.75, 3.05) is 5.32 Å². The highest BCUT2D eigenvalue weighted by Crippen LogP contribution is 2.17. The molecule has 0 aliphatic rings. The second-order valence-corrected chi connectivity index (χ2v) is 5.22. The first kappa shape index (κ1) is 15.3. The van der Waals surface area contributed by atoms with E-state index < -0.39 is 0 Å². The van der Waals surface area contributed by atoms with E-state index in [-0.39, 0.29) is 17.6 Å². The third kappa shape index (κ3) is 3.70. The Bertz CT molecular complexity index is 634. The van der Waals surface area contributed by atoms with Crippen LogP contribution in [0.15, 0.2) is 28.9 Å². The molecular weight excluding hydrogens is 266 g/mol. The fraction of sp³-hybridized carbons (Fsp3) is 0.375. The van der Waals surface area contributed by atoms with E-state index in [2.05, 4.69) is 10.3 Å². The van der Waals surface area contributed by atoms with E-state index in [1.807, 2.05) is 39.0 Å². The van der Waals surface area contributed by atoms with Crippen LogP contribution in [0.25, 0.3) is 0 Å². The summed E-state index contributed by atoms with van der Waals surface area (Å²) in [6.45, 7) is 6.07. The topological polar surface area (TPSA) is 81.1 Å². The third-order valence-corrected chi connectivity index (χ3v) is 3.44. The number of nitrogens with two attached hydrogens (primary N) is 1. The summed E-state index contributed by atoms with van der Waals surface area (Å²) < 4.78 is 5.28. The molecular formula is C16H21N3O2. The second kappa shape index (κ2) is 6.54. The number of amides is 1. The molecule has 112 valence electrons. The molecule has 0 spiro atoms. The van der Waals surface area contributed by atoms with Crippen LogP contribution >= 0.6 is 0 Å². The predicted octanol–water partition coefficient (Wildman–Crippen LogP) is 3.34. The first-order valence-corrected chi connectivity index (χ1v) is 7.11. The zero-order valence-electron chi connectivity index (χ0n) is 12.6. The van der Waals surface area contributed by atoms with Crippen molar-refractivity contribution in [1.82, 2.24) is 4.98 Å². The van der Waals surface area contributed by atoms with E-state index in [9.17, 15) is 4.79 Å². The monoisotopic (exact) mass is 287 g/mol. The van der Waals surface area contributed by atoms with Gasteiger partial charge in [-0.2, -0.15) is 0 Å². The molecule has 0 aliphatic heterocycles. The third-order valence-electron chi connectivity index (χ3n) is 3.44. The molecule has 2 aromatic rings. The van der Waals surface area contributed by atoms with Gasteiger partial charge in [0.15, 0.2) is 5.69 Å². The number of carbonyl (C=O) groups is 1. The molecule has 0 saturated carbocycles. The van der Waals surface area contributed by atoms with Gasteiger partial charge in [0.1, 0.15) is 6.26 Å². The number of benzene rings is 1. The SMILES string of the molecule is CCCC(N)c1nc(C(=O)Nc2ccc(C)c(C)c2)co1. The number of rotatable bonds is 5. The van der Waals surface area contributed by atoms with Gasteiger partial charge in [0.05, 0.1) is 6.04 Å². The highest BCUT2D eigenvalue weighted by atomic mass is 16.3. The van der Waals surface area contributed by atoms with Crippen LogP contribution in [0, 0.1) is 13.8 Å². The first-order chi connectivity index (χ1) is 10.0. The van der Waals surface area contributed by atoms with Crippen molar-refractivity contribution in [3.8, 4) is 0 Å². The number of hydrogen-bond donors (Lipinski definition) is 2. The van der Waals surface area contributed by atoms with Gasteiger partial charge in [0.25, 0.3) is 5.91 Å². The van der Waals surface area contributed by atoms with Gasteiger partial charge in [-0.15, -0.1) is 0 Å². The zero-order chi connectivity index (χ0) is 15.4. The lowest BCUT2D eigenvalue weighted by molar-refractivity contribution is 0.102. The van der Waals surface area contributed by atoms with Crippen LogP contribution in [0.1, 0.15) is 53.3 Å². The van der Waals surface area contributed by atoms with E-state index in [4.69, 9.17) is 10.2 Å². The Morgan fingerprint density at radius 2 is 2.14 bits per heavy atom. The van der Waals surface area contributed by atoms with Crippen molar-refractivity contribution in [2.24, 2.45) is 5.73 Å². The molecule has 0 saturated heterocycles. The van der Waals surface area contributed by atoms with Crippen LogP contribution in [0.3, 0.4) is 0 Å². The largest absolute Gasteiger partial charge is 0.446 e. The van der Waals surface area contributed by atoms with Gasteiger partial charge in [-0.25, -0.2) is 4.98 Å². The summed E-state index contributed by atoms with van der Waals surface area (Å²) in [4.78, 5) is 16.3. The number of hydrogen-bond acceptors (Lipinski definition) is 4. The Labute approximate surface area is 124 Å². The van der Waals surface area contributed by atoms with Gasteiger partial charge < -0.3 is 15.5 Å². The Balaban J connectivity index is 2.08. The molecule has 1 atom stereocenters.